The first-order valence-electron chi connectivity index (χ1n) is 11.5. The Labute approximate surface area is 196 Å². The molecule has 5 rings (SSSR count). The summed E-state index contributed by atoms with van der Waals surface area (Å²) in [6.07, 6.45) is 5.34. The molecule has 5 nitrogen and oxygen atoms in total. The van der Waals surface area contributed by atoms with Crippen molar-refractivity contribution in [1.82, 2.24) is 4.90 Å². The highest BCUT2D eigenvalue weighted by molar-refractivity contribution is 5.77. The molecule has 2 aliphatic rings. The van der Waals surface area contributed by atoms with Gasteiger partial charge in [-0.1, -0.05) is 18.2 Å². The number of anilines is 3. The lowest BCUT2D eigenvalue weighted by Crippen LogP contribution is -2.44. The quantitative estimate of drug-likeness (QED) is 0.534. The molecule has 0 unspecified atom stereocenters. The molecule has 3 aromatic carbocycles. The fourth-order valence-corrected chi connectivity index (χ4v) is 4.66. The smallest absolute Gasteiger partial charge is 0.161 e. The van der Waals surface area contributed by atoms with Crippen LogP contribution in [-0.4, -0.2) is 52.3 Å². The zero-order valence-electron chi connectivity index (χ0n) is 19.6. The Bertz CT molecular complexity index is 1150. The van der Waals surface area contributed by atoms with Crippen LogP contribution in [0.1, 0.15) is 5.56 Å². The summed E-state index contributed by atoms with van der Waals surface area (Å²) in [6, 6.07) is 21.7. The molecule has 0 radical (unpaired) electrons. The van der Waals surface area contributed by atoms with Gasteiger partial charge in [-0.3, -0.25) is 0 Å². The minimum atomic E-state index is 0.744. The molecule has 0 aliphatic carbocycles. The zero-order chi connectivity index (χ0) is 22.8. The van der Waals surface area contributed by atoms with Gasteiger partial charge in [0.25, 0.3) is 0 Å². The Balaban J connectivity index is 1.39. The van der Waals surface area contributed by atoms with Gasteiger partial charge in [-0.05, 0) is 78.7 Å². The molecule has 0 atom stereocenters. The van der Waals surface area contributed by atoms with E-state index in [9.17, 15) is 0 Å². The summed E-state index contributed by atoms with van der Waals surface area (Å²) >= 11 is 0. The molecule has 33 heavy (non-hydrogen) atoms. The molecule has 5 heteroatoms. The molecule has 3 aromatic rings. The molecule has 2 aliphatic heterocycles. The first-order chi connectivity index (χ1) is 16.2. The van der Waals surface area contributed by atoms with E-state index in [4.69, 9.17) is 9.47 Å². The van der Waals surface area contributed by atoms with Gasteiger partial charge in [0.2, 0.25) is 0 Å². The monoisotopic (exact) mass is 441 g/mol. The van der Waals surface area contributed by atoms with Crippen molar-refractivity contribution in [2.75, 3.05) is 57.2 Å². The van der Waals surface area contributed by atoms with Crippen LogP contribution in [0, 0.1) is 0 Å². The minimum Gasteiger partial charge on any atom is -0.493 e. The number of nitrogens with zero attached hydrogens (tertiary/aromatic N) is 3. The van der Waals surface area contributed by atoms with Gasteiger partial charge in [0.05, 0.1) is 14.2 Å². The number of benzene rings is 3. The molecule has 0 saturated carbocycles. The Hall–Kier alpha value is -3.44. The van der Waals surface area contributed by atoms with Crippen LogP contribution in [0.5, 0.6) is 11.5 Å². The van der Waals surface area contributed by atoms with Gasteiger partial charge in [-0.2, -0.15) is 0 Å². The fourth-order valence-electron chi connectivity index (χ4n) is 4.66. The Kier molecular flexibility index (Phi) is 5.97. The highest BCUT2D eigenvalue weighted by Crippen LogP contribution is 2.38. The van der Waals surface area contributed by atoms with Crippen molar-refractivity contribution in [3.63, 3.8) is 0 Å². The van der Waals surface area contributed by atoms with E-state index in [1.807, 2.05) is 12.1 Å². The van der Waals surface area contributed by atoms with Crippen molar-refractivity contribution >= 4 is 17.1 Å². The summed E-state index contributed by atoms with van der Waals surface area (Å²) in [5.74, 6) is 1.49. The number of piperazine rings is 1. The molecule has 170 valence electrons. The first kappa shape index (κ1) is 21.4. The van der Waals surface area contributed by atoms with Crippen LogP contribution >= 0.6 is 0 Å². The second-order valence-electron chi connectivity index (χ2n) is 8.68. The van der Waals surface area contributed by atoms with E-state index in [0.717, 1.165) is 49.7 Å². The summed E-state index contributed by atoms with van der Waals surface area (Å²) < 4.78 is 10.9. The summed E-state index contributed by atoms with van der Waals surface area (Å²) in [6.45, 7) is 4.40. The average molecular weight is 442 g/mol. The van der Waals surface area contributed by atoms with Gasteiger partial charge in [0.15, 0.2) is 11.5 Å². The van der Waals surface area contributed by atoms with Crippen molar-refractivity contribution in [2.24, 2.45) is 0 Å². The predicted octanol–water partition coefficient (Wildman–Crippen LogP) is 5.33. The van der Waals surface area contributed by atoms with Crippen molar-refractivity contribution in [1.29, 1.82) is 0 Å². The molecule has 1 saturated heterocycles. The standard InChI is InChI=1S/C28H31N3O2/c1-29-15-17-30(18-16-29)24-8-10-25(11-9-24)31-14-4-5-23-19-21(6-12-26(23)31)22-7-13-27(32-2)28(20-22)33-3/h4,6-14,19-20H,5,15-18H2,1-3H3. The summed E-state index contributed by atoms with van der Waals surface area (Å²) in [7, 11) is 5.53. The van der Waals surface area contributed by atoms with Crippen LogP contribution < -0.4 is 19.3 Å². The number of hydrogen-bond donors (Lipinski definition) is 0. The Morgan fingerprint density at radius 1 is 0.697 bits per heavy atom. The third kappa shape index (κ3) is 4.29. The topological polar surface area (TPSA) is 28.2 Å². The number of fused-ring (bicyclic) bond motifs is 1. The van der Waals surface area contributed by atoms with E-state index >= 15 is 0 Å². The summed E-state index contributed by atoms with van der Waals surface area (Å²) in [5.41, 5.74) is 7.33. The number of rotatable bonds is 5. The molecule has 0 amide bonds. The van der Waals surface area contributed by atoms with Crippen LogP contribution in [0.4, 0.5) is 17.1 Å². The largest absolute Gasteiger partial charge is 0.493 e. The molecule has 2 heterocycles. The van der Waals surface area contributed by atoms with Gasteiger partial charge in [-0.15, -0.1) is 0 Å². The molecule has 0 aromatic heterocycles. The molecule has 0 N–H and O–H groups in total. The van der Waals surface area contributed by atoms with Crippen LogP contribution in [0.15, 0.2) is 72.9 Å². The molecule has 0 bridgehead atoms. The first-order valence-corrected chi connectivity index (χ1v) is 11.5. The molecular weight excluding hydrogens is 410 g/mol. The van der Waals surface area contributed by atoms with Crippen LogP contribution in [-0.2, 0) is 6.42 Å². The van der Waals surface area contributed by atoms with Gasteiger partial charge in [0.1, 0.15) is 0 Å². The third-order valence-electron chi connectivity index (χ3n) is 6.64. The van der Waals surface area contributed by atoms with E-state index < -0.39 is 0 Å². The van der Waals surface area contributed by atoms with Crippen molar-refractivity contribution in [3.8, 4) is 22.6 Å². The van der Waals surface area contributed by atoms with Gasteiger partial charge < -0.3 is 24.2 Å². The maximum Gasteiger partial charge on any atom is 0.161 e. The molecule has 1 fully saturated rings. The number of methoxy groups -OCH3 is 2. The number of hydrogen-bond acceptors (Lipinski definition) is 5. The second kappa shape index (κ2) is 9.20. The normalized spacial score (nSPS) is 16.0. The van der Waals surface area contributed by atoms with Crippen LogP contribution in [0.3, 0.4) is 0 Å². The number of allylic oxidation sites excluding steroid dienone is 1. The number of ether oxygens (including phenoxy) is 2. The number of likely N-dealkylation sites (N-methyl/N-ethyl adjacent to an activating group) is 1. The van der Waals surface area contributed by atoms with E-state index in [1.165, 1.54) is 28.2 Å². The second-order valence-corrected chi connectivity index (χ2v) is 8.68. The van der Waals surface area contributed by atoms with Gasteiger partial charge in [0, 0.05) is 49.4 Å². The third-order valence-corrected chi connectivity index (χ3v) is 6.64. The predicted molar refractivity (Wildman–Crippen MR) is 136 cm³/mol. The van der Waals surface area contributed by atoms with Gasteiger partial charge in [-0.25, -0.2) is 0 Å². The highest BCUT2D eigenvalue weighted by atomic mass is 16.5. The van der Waals surface area contributed by atoms with Crippen molar-refractivity contribution < 1.29 is 9.47 Å². The Morgan fingerprint density at radius 3 is 2.09 bits per heavy atom. The zero-order valence-corrected chi connectivity index (χ0v) is 19.6. The lowest BCUT2D eigenvalue weighted by atomic mass is 9.97. The lowest BCUT2D eigenvalue weighted by molar-refractivity contribution is 0.313. The Morgan fingerprint density at radius 2 is 1.36 bits per heavy atom. The van der Waals surface area contributed by atoms with Crippen LogP contribution in [0.25, 0.3) is 11.1 Å². The highest BCUT2D eigenvalue weighted by Gasteiger charge is 2.18. The molecular formula is C28H31N3O2. The van der Waals surface area contributed by atoms with E-state index in [2.05, 4.69) is 82.6 Å². The average Bonchev–Trinajstić information content (AvgIpc) is 2.88. The van der Waals surface area contributed by atoms with E-state index in [0.29, 0.717) is 0 Å². The van der Waals surface area contributed by atoms with Crippen LogP contribution in [0.2, 0.25) is 0 Å². The van der Waals surface area contributed by atoms with E-state index in [1.54, 1.807) is 14.2 Å². The lowest BCUT2D eigenvalue weighted by Gasteiger charge is -2.34. The SMILES string of the molecule is COc1ccc(-c2ccc3c(c2)CC=CN3c2ccc(N3CCN(C)CC3)cc2)cc1OC. The summed E-state index contributed by atoms with van der Waals surface area (Å²) in [4.78, 5) is 7.14. The van der Waals surface area contributed by atoms with Gasteiger partial charge >= 0.3 is 0 Å². The maximum absolute atomic E-state index is 5.49. The minimum absolute atomic E-state index is 0.744. The maximum atomic E-state index is 5.49. The van der Waals surface area contributed by atoms with Crippen molar-refractivity contribution in [3.05, 3.63) is 78.5 Å². The molecule has 0 spiro atoms. The van der Waals surface area contributed by atoms with Crippen molar-refractivity contribution in [2.45, 2.75) is 6.42 Å². The van der Waals surface area contributed by atoms with E-state index in [-0.39, 0.29) is 0 Å². The summed E-state index contributed by atoms with van der Waals surface area (Å²) in [5, 5.41) is 0. The fraction of sp³-hybridized carbons (Fsp3) is 0.286.